The zero-order chi connectivity index (χ0) is 31.7. The molecule has 1 aromatic rings. The van der Waals surface area contributed by atoms with E-state index in [9.17, 15) is 24.0 Å². The van der Waals surface area contributed by atoms with E-state index >= 15 is 0 Å². The Kier molecular flexibility index (Phi) is 11.8. The average molecular weight is 608 g/mol. The minimum Gasteiger partial charge on any atom is -0.465 e. The molecule has 0 saturated carbocycles. The summed E-state index contributed by atoms with van der Waals surface area (Å²) in [6.45, 7) is 6.39. The van der Waals surface area contributed by atoms with Crippen LogP contribution in [0.5, 0.6) is 0 Å². The Morgan fingerprint density at radius 1 is 0.930 bits per heavy atom. The molecule has 1 saturated heterocycles. The molecule has 1 fully saturated rings. The second-order valence-corrected chi connectivity index (χ2v) is 10.1. The lowest BCUT2D eigenvalue weighted by atomic mass is 9.86. The molecular formula is C28H37N3O12. The molecule has 7 atom stereocenters. The lowest BCUT2D eigenvalue weighted by Gasteiger charge is -2.44. The van der Waals surface area contributed by atoms with E-state index in [2.05, 4.69) is 4.98 Å². The third-order valence-electron chi connectivity index (χ3n) is 6.72. The first-order valence-corrected chi connectivity index (χ1v) is 13.6. The first-order chi connectivity index (χ1) is 20.4. The van der Waals surface area contributed by atoms with E-state index in [4.69, 9.17) is 38.9 Å². The maximum Gasteiger partial charge on any atom is 0.419 e. The van der Waals surface area contributed by atoms with Crippen molar-refractivity contribution in [3.63, 3.8) is 0 Å². The largest absolute Gasteiger partial charge is 0.465 e. The van der Waals surface area contributed by atoms with Gasteiger partial charge in [-0.1, -0.05) is 13.0 Å². The van der Waals surface area contributed by atoms with Crippen LogP contribution in [0.15, 0.2) is 42.2 Å². The molecule has 2 N–H and O–H groups in total. The molecule has 0 aromatic carbocycles. The normalized spacial score (nSPS) is 27.0. The van der Waals surface area contributed by atoms with Crippen molar-refractivity contribution in [3.8, 4) is 0 Å². The number of rotatable bonds is 10. The molecule has 6 unspecified atom stereocenters. The summed E-state index contributed by atoms with van der Waals surface area (Å²) in [5.41, 5.74) is 6.82. The number of esters is 4. The molecule has 236 valence electrons. The zero-order valence-electron chi connectivity index (χ0n) is 24.6. The predicted octanol–water partition coefficient (Wildman–Crippen LogP) is 1.39. The van der Waals surface area contributed by atoms with Gasteiger partial charge in [0.05, 0.1) is 0 Å². The van der Waals surface area contributed by atoms with Crippen molar-refractivity contribution in [1.82, 2.24) is 9.55 Å². The first kappa shape index (κ1) is 33.3. The van der Waals surface area contributed by atoms with Crippen molar-refractivity contribution in [2.45, 2.75) is 71.7 Å². The third-order valence-corrected chi connectivity index (χ3v) is 6.72. The second-order valence-electron chi connectivity index (χ2n) is 10.1. The molecule has 0 spiro atoms. The minimum absolute atomic E-state index is 0.0357. The summed E-state index contributed by atoms with van der Waals surface area (Å²) in [5.74, 6) is -2.74. The van der Waals surface area contributed by atoms with E-state index < -0.39 is 60.7 Å². The highest BCUT2D eigenvalue weighted by molar-refractivity contribution is 5.70. The molecule has 2 aliphatic rings. The van der Waals surface area contributed by atoms with E-state index in [1.807, 2.05) is 6.92 Å². The van der Waals surface area contributed by atoms with Crippen molar-refractivity contribution in [2.24, 2.45) is 17.6 Å². The Hall–Kier alpha value is -4.24. The van der Waals surface area contributed by atoms with Gasteiger partial charge in [0.15, 0.2) is 12.2 Å². The summed E-state index contributed by atoms with van der Waals surface area (Å²) in [7, 11) is 0. The Balaban J connectivity index is 1.91. The number of hydrogen-bond donors (Lipinski definition) is 1. The number of imidazole rings is 1. The number of carbonyl (C=O) groups is 5. The van der Waals surface area contributed by atoms with Crippen LogP contribution < -0.4 is 5.73 Å². The van der Waals surface area contributed by atoms with Gasteiger partial charge in [0.1, 0.15) is 31.4 Å². The van der Waals surface area contributed by atoms with Gasteiger partial charge in [-0.3, -0.25) is 19.2 Å². The van der Waals surface area contributed by atoms with Crippen LogP contribution in [-0.4, -0.2) is 90.0 Å². The third kappa shape index (κ3) is 9.38. The fourth-order valence-corrected chi connectivity index (χ4v) is 4.86. The van der Waals surface area contributed by atoms with E-state index in [0.717, 1.165) is 26.3 Å². The standard InChI is InChI=1S/C28H37N3O12/c1-15-10-21(7-6-20(22(15)11-29)12-38-28(36)31-9-8-30-14-31)42-27-26(41-19(5)35)25(40-18(4)34)24(39-17(3)33)23(43-27)13-37-16(2)32/h6-9,14-15,22-27H,10-13,29H2,1-5H3/t15?,22?,23?,24-,25?,26?,27?/m0/s1. The lowest BCUT2D eigenvalue weighted by molar-refractivity contribution is -0.300. The van der Waals surface area contributed by atoms with Crippen LogP contribution in [-0.2, 0) is 52.3 Å². The topological polar surface area (TPSA) is 194 Å². The first-order valence-electron chi connectivity index (χ1n) is 13.6. The van der Waals surface area contributed by atoms with Gasteiger partial charge < -0.3 is 38.9 Å². The second kappa shape index (κ2) is 15.3. The molecule has 15 heteroatoms. The van der Waals surface area contributed by atoms with Crippen LogP contribution in [0.2, 0.25) is 0 Å². The van der Waals surface area contributed by atoms with Crippen LogP contribution in [0, 0.1) is 11.8 Å². The van der Waals surface area contributed by atoms with Crippen molar-refractivity contribution >= 4 is 30.0 Å². The fourth-order valence-electron chi connectivity index (χ4n) is 4.86. The molecule has 3 rings (SSSR count). The Morgan fingerprint density at radius 3 is 2.16 bits per heavy atom. The minimum atomic E-state index is -1.37. The molecule has 43 heavy (non-hydrogen) atoms. The average Bonchev–Trinajstić information content (AvgIpc) is 3.41. The molecule has 0 radical (unpaired) electrons. The maximum atomic E-state index is 12.3. The van der Waals surface area contributed by atoms with Gasteiger partial charge in [-0.2, -0.15) is 0 Å². The molecule has 1 aliphatic heterocycles. The van der Waals surface area contributed by atoms with Crippen LogP contribution in [0.4, 0.5) is 4.79 Å². The van der Waals surface area contributed by atoms with Gasteiger partial charge in [0.2, 0.25) is 12.4 Å². The molecule has 1 aliphatic carbocycles. The fraction of sp³-hybridized carbons (Fsp3) is 0.571. The highest BCUT2D eigenvalue weighted by Crippen LogP contribution is 2.35. The van der Waals surface area contributed by atoms with Crippen LogP contribution >= 0.6 is 0 Å². The van der Waals surface area contributed by atoms with E-state index in [1.165, 1.54) is 30.2 Å². The smallest absolute Gasteiger partial charge is 0.419 e. The molecule has 15 nitrogen and oxygen atoms in total. The summed E-state index contributed by atoms with van der Waals surface area (Å²) in [6.07, 6.45) is 0.813. The predicted molar refractivity (Wildman–Crippen MR) is 145 cm³/mol. The molecule has 0 amide bonds. The number of nitrogens with two attached hydrogens (primary N) is 1. The van der Waals surface area contributed by atoms with Crippen LogP contribution in [0.25, 0.3) is 0 Å². The molecular weight excluding hydrogens is 570 g/mol. The van der Waals surface area contributed by atoms with E-state index in [0.29, 0.717) is 12.2 Å². The van der Waals surface area contributed by atoms with E-state index in [-0.39, 0.29) is 31.6 Å². The van der Waals surface area contributed by atoms with E-state index in [1.54, 1.807) is 12.2 Å². The van der Waals surface area contributed by atoms with Gasteiger partial charge in [0.25, 0.3) is 0 Å². The Morgan fingerprint density at radius 2 is 1.58 bits per heavy atom. The summed E-state index contributed by atoms with van der Waals surface area (Å²) in [6, 6.07) is 0. The molecule has 2 heterocycles. The zero-order valence-corrected chi connectivity index (χ0v) is 24.6. The quantitative estimate of drug-likeness (QED) is 0.296. The van der Waals surface area contributed by atoms with Crippen LogP contribution in [0.1, 0.15) is 41.0 Å². The molecule has 1 aromatic heterocycles. The maximum absolute atomic E-state index is 12.3. The number of hydrogen-bond acceptors (Lipinski definition) is 14. The number of carbonyl (C=O) groups excluding carboxylic acids is 5. The van der Waals surface area contributed by atoms with Gasteiger partial charge >= 0.3 is 30.0 Å². The summed E-state index contributed by atoms with van der Waals surface area (Å²) in [5, 5.41) is 0. The lowest BCUT2D eigenvalue weighted by Crippen LogP contribution is -2.62. The van der Waals surface area contributed by atoms with Crippen molar-refractivity contribution in [1.29, 1.82) is 0 Å². The van der Waals surface area contributed by atoms with Gasteiger partial charge in [-0.15, -0.1) is 0 Å². The van der Waals surface area contributed by atoms with Gasteiger partial charge in [0, 0.05) is 46.5 Å². The Labute approximate surface area is 248 Å². The van der Waals surface area contributed by atoms with Crippen molar-refractivity contribution in [2.75, 3.05) is 19.8 Å². The van der Waals surface area contributed by atoms with Crippen LogP contribution in [0.3, 0.4) is 0 Å². The number of ether oxygens (including phenoxy) is 7. The highest BCUT2D eigenvalue weighted by Gasteiger charge is 2.53. The number of nitrogens with zero attached hydrogens (tertiary/aromatic N) is 2. The summed E-state index contributed by atoms with van der Waals surface area (Å²) >= 11 is 0. The van der Waals surface area contributed by atoms with Crippen molar-refractivity contribution in [3.05, 3.63) is 42.2 Å². The summed E-state index contributed by atoms with van der Waals surface area (Å²) < 4.78 is 40.3. The summed E-state index contributed by atoms with van der Waals surface area (Å²) in [4.78, 5) is 63.9. The number of aromatic nitrogens is 2. The van der Waals surface area contributed by atoms with Gasteiger partial charge in [-0.25, -0.2) is 14.3 Å². The SMILES string of the molecule is CC(=O)OCC1OC(OC2=CC=C(COC(=O)n3ccnc3)C(CN)C(C)C2)C(OC(C)=O)C(OC(C)=O)[C@H]1OC(C)=O. The van der Waals surface area contributed by atoms with Crippen molar-refractivity contribution < 1.29 is 57.1 Å². The number of allylic oxidation sites excluding steroid dienone is 3. The monoisotopic (exact) mass is 607 g/mol. The Bertz CT molecular complexity index is 1230. The van der Waals surface area contributed by atoms with Gasteiger partial charge in [-0.05, 0) is 30.0 Å². The molecule has 0 bridgehead atoms. The highest BCUT2D eigenvalue weighted by atomic mass is 16.7.